The van der Waals surface area contributed by atoms with Crippen molar-refractivity contribution in [1.29, 1.82) is 0 Å². The normalized spacial score (nSPS) is 11.7. The third kappa shape index (κ3) is 3.03. The second kappa shape index (κ2) is 5.43. The molecule has 0 aliphatic heterocycles. The van der Waals surface area contributed by atoms with Crippen molar-refractivity contribution < 1.29 is 14.3 Å². The molecule has 0 bridgehead atoms. The van der Waals surface area contributed by atoms with Gasteiger partial charge in [0.15, 0.2) is 5.78 Å². The van der Waals surface area contributed by atoms with Gasteiger partial charge in [0.25, 0.3) is 0 Å². The smallest absolute Gasteiger partial charge is 0.333 e. The molecule has 1 aromatic carbocycles. The molecule has 0 unspecified atom stereocenters. The van der Waals surface area contributed by atoms with Gasteiger partial charge in [0.2, 0.25) is 0 Å². The fraction of sp³-hybridized carbons (Fsp3) is 0.286. The molecule has 1 aromatic rings. The summed E-state index contributed by atoms with van der Waals surface area (Å²) >= 11 is 0. The molecule has 0 saturated heterocycles. The molecule has 0 N–H and O–H groups in total. The van der Waals surface area contributed by atoms with Crippen LogP contribution in [0.2, 0.25) is 0 Å². The number of hydrogen-bond donors (Lipinski definition) is 0. The van der Waals surface area contributed by atoms with Crippen LogP contribution in [0, 0.1) is 0 Å². The molecule has 0 radical (unpaired) electrons. The van der Waals surface area contributed by atoms with Crippen LogP contribution in [-0.4, -0.2) is 18.9 Å². The topological polar surface area (TPSA) is 43.4 Å². The predicted molar refractivity (Wildman–Crippen MR) is 66.0 cm³/mol. The Labute approximate surface area is 101 Å². The van der Waals surface area contributed by atoms with Gasteiger partial charge in [-0.3, -0.25) is 4.79 Å². The fourth-order valence-corrected chi connectivity index (χ4v) is 1.52. The number of carbonyl (C=O) groups excluding carboxylic acids is 2. The van der Waals surface area contributed by atoms with Crippen molar-refractivity contribution in [2.75, 3.05) is 7.11 Å². The molecule has 1 rings (SSSR count). The average molecular weight is 232 g/mol. The molecule has 0 aliphatic carbocycles. The van der Waals surface area contributed by atoms with Crippen molar-refractivity contribution in [2.24, 2.45) is 0 Å². The zero-order chi connectivity index (χ0) is 13.0. The van der Waals surface area contributed by atoms with Gasteiger partial charge in [-0.05, 0) is 12.5 Å². The molecule has 0 saturated carbocycles. The summed E-state index contributed by atoms with van der Waals surface area (Å²) in [5, 5.41) is 0. The highest BCUT2D eigenvalue weighted by Crippen LogP contribution is 2.23. The van der Waals surface area contributed by atoms with Crippen LogP contribution in [0.25, 0.3) is 0 Å². The maximum absolute atomic E-state index is 11.3. The van der Waals surface area contributed by atoms with Crippen LogP contribution < -0.4 is 0 Å². The molecule has 0 amide bonds. The van der Waals surface area contributed by atoms with Gasteiger partial charge in [0, 0.05) is 17.1 Å². The minimum absolute atomic E-state index is 0.0241. The Balaban J connectivity index is 2.90. The van der Waals surface area contributed by atoms with Crippen molar-refractivity contribution in [3.8, 4) is 0 Å². The summed E-state index contributed by atoms with van der Waals surface area (Å²) in [7, 11) is 1.33. The molecule has 17 heavy (non-hydrogen) atoms. The second-order valence-electron chi connectivity index (χ2n) is 3.92. The highest BCUT2D eigenvalue weighted by atomic mass is 16.5. The van der Waals surface area contributed by atoms with Gasteiger partial charge in [-0.2, -0.15) is 0 Å². The van der Waals surface area contributed by atoms with E-state index >= 15 is 0 Å². The van der Waals surface area contributed by atoms with E-state index in [1.54, 1.807) is 12.1 Å². The lowest BCUT2D eigenvalue weighted by Crippen LogP contribution is -2.10. The number of carbonyl (C=O) groups is 2. The summed E-state index contributed by atoms with van der Waals surface area (Å²) in [5.41, 5.74) is 2.00. The van der Waals surface area contributed by atoms with E-state index in [1.165, 1.54) is 14.0 Å². The third-order valence-corrected chi connectivity index (χ3v) is 2.79. The van der Waals surface area contributed by atoms with Gasteiger partial charge in [0.05, 0.1) is 7.11 Å². The van der Waals surface area contributed by atoms with Gasteiger partial charge >= 0.3 is 5.97 Å². The Hall–Kier alpha value is -1.90. The average Bonchev–Trinajstić information content (AvgIpc) is 2.36. The molecule has 0 spiro atoms. The zero-order valence-corrected chi connectivity index (χ0v) is 10.3. The Morgan fingerprint density at radius 3 is 2.18 bits per heavy atom. The molecule has 0 fully saturated rings. The van der Waals surface area contributed by atoms with Crippen molar-refractivity contribution in [3.63, 3.8) is 0 Å². The molecule has 3 nitrogen and oxygen atoms in total. The van der Waals surface area contributed by atoms with Gasteiger partial charge in [-0.15, -0.1) is 0 Å². The summed E-state index contributed by atoms with van der Waals surface area (Å²) < 4.78 is 4.62. The van der Waals surface area contributed by atoms with Crippen LogP contribution in [0.5, 0.6) is 0 Å². The lowest BCUT2D eigenvalue weighted by atomic mass is 9.93. The maximum Gasteiger partial charge on any atom is 0.333 e. The number of benzene rings is 1. The molecule has 0 heterocycles. The zero-order valence-electron chi connectivity index (χ0n) is 10.3. The van der Waals surface area contributed by atoms with Crippen LogP contribution in [0.15, 0.2) is 36.4 Å². The van der Waals surface area contributed by atoms with Crippen LogP contribution in [0.4, 0.5) is 0 Å². The Morgan fingerprint density at radius 1 is 1.24 bits per heavy atom. The van der Waals surface area contributed by atoms with Gasteiger partial charge in [0.1, 0.15) is 0 Å². The number of ketones is 1. The number of Topliss-reactive ketones (excluding diaryl/α,β-unsaturated/α-hetero) is 1. The van der Waals surface area contributed by atoms with E-state index < -0.39 is 5.97 Å². The van der Waals surface area contributed by atoms with Crippen LogP contribution >= 0.6 is 0 Å². The van der Waals surface area contributed by atoms with E-state index in [0.29, 0.717) is 11.1 Å². The van der Waals surface area contributed by atoms with Crippen LogP contribution in [0.1, 0.15) is 35.7 Å². The first-order chi connectivity index (χ1) is 7.97. The van der Waals surface area contributed by atoms with E-state index in [1.807, 2.05) is 19.1 Å². The SMILES string of the molecule is C=C(C(=O)OC)[C@H](C)c1ccc(C(C)=O)cc1. The van der Waals surface area contributed by atoms with Crippen molar-refractivity contribution in [3.05, 3.63) is 47.5 Å². The number of esters is 1. The predicted octanol–water partition coefficient (Wildman–Crippen LogP) is 2.72. The van der Waals surface area contributed by atoms with E-state index in [0.717, 1.165) is 5.56 Å². The van der Waals surface area contributed by atoms with Crippen molar-refractivity contribution >= 4 is 11.8 Å². The monoisotopic (exact) mass is 232 g/mol. The Kier molecular flexibility index (Phi) is 4.21. The molecule has 0 aromatic heterocycles. The van der Waals surface area contributed by atoms with E-state index in [4.69, 9.17) is 0 Å². The highest BCUT2D eigenvalue weighted by Gasteiger charge is 2.16. The van der Waals surface area contributed by atoms with Crippen molar-refractivity contribution in [1.82, 2.24) is 0 Å². The minimum Gasteiger partial charge on any atom is -0.466 e. The Bertz CT molecular complexity index is 443. The number of ether oxygens (including phenoxy) is 1. The number of rotatable bonds is 4. The van der Waals surface area contributed by atoms with Crippen molar-refractivity contribution in [2.45, 2.75) is 19.8 Å². The maximum atomic E-state index is 11.3. The van der Waals surface area contributed by atoms with E-state index in [9.17, 15) is 9.59 Å². The van der Waals surface area contributed by atoms with Crippen LogP contribution in [-0.2, 0) is 9.53 Å². The van der Waals surface area contributed by atoms with Gasteiger partial charge in [-0.25, -0.2) is 4.79 Å². The first-order valence-electron chi connectivity index (χ1n) is 5.35. The van der Waals surface area contributed by atoms with Gasteiger partial charge in [-0.1, -0.05) is 37.8 Å². The summed E-state index contributed by atoms with van der Waals surface area (Å²) in [6, 6.07) is 7.16. The molecule has 3 heteroatoms. The third-order valence-electron chi connectivity index (χ3n) is 2.79. The van der Waals surface area contributed by atoms with Gasteiger partial charge < -0.3 is 4.74 Å². The summed E-state index contributed by atoms with van der Waals surface area (Å²) in [5.74, 6) is -0.507. The first-order valence-corrected chi connectivity index (χ1v) is 5.35. The number of hydrogen-bond acceptors (Lipinski definition) is 3. The Morgan fingerprint density at radius 2 is 1.76 bits per heavy atom. The lowest BCUT2D eigenvalue weighted by Gasteiger charge is -2.13. The van der Waals surface area contributed by atoms with E-state index in [2.05, 4.69) is 11.3 Å². The fourth-order valence-electron chi connectivity index (χ4n) is 1.52. The minimum atomic E-state index is -0.409. The summed E-state index contributed by atoms with van der Waals surface area (Å²) in [6.07, 6.45) is 0. The number of methoxy groups -OCH3 is 1. The standard InChI is InChI=1S/C14H16O3/c1-9(10(2)14(16)17-4)12-5-7-13(8-6-12)11(3)15/h5-9H,2H2,1,3-4H3/t9-/m0/s1. The molecule has 90 valence electrons. The quantitative estimate of drug-likeness (QED) is 0.455. The van der Waals surface area contributed by atoms with Crippen LogP contribution in [0.3, 0.4) is 0 Å². The van der Waals surface area contributed by atoms with E-state index in [-0.39, 0.29) is 11.7 Å². The molecule has 1 atom stereocenters. The highest BCUT2D eigenvalue weighted by molar-refractivity contribution is 5.94. The molecular formula is C14H16O3. The summed E-state index contributed by atoms with van der Waals surface area (Å²) in [4.78, 5) is 22.4. The lowest BCUT2D eigenvalue weighted by molar-refractivity contribution is -0.136. The summed E-state index contributed by atoms with van der Waals surface area (Å²) in [6.45, 7) is 7.11. The second-order valence-corrected chi connectivity index (χ2v) is 3.92. The largest absolute Gasteiger partial charge is 0.466 e. The molecular weight excluding hydrogens is 216 g/mol. The first kappa shape index (κ1) is 13.2. The molecule has 0 aliphatic rings.